The molecule has 0 fully saturated rings. The van der Waals surface area contributed by atoms with Crippen LogP contribution in [-0.2, 0) is 4.74 Å². The van der Waals surface area contributed by atoms with Gasteiger partial charge in [0, 0.05) is 33.4 Å². The second-order valence-electron chi connectivity index (χ2n) is 3.46. The van der Waals surface area contributed by atoms with Gasteiger partial charge in [0.2, 0.25) is 5.96 Å². The van der Waals surface area contributed by atoms with Crippen molar-refractivity contribution in [1.29, 1.82) is 0 Å². The molecule has 0 saturated carbocycles. The Hall–Kier alpha value is -0.810. The van der Waals surface area contributed by atoms with Crippen LogP contribution in [0.5, 0.6) is 0 Å². The highest BCUT2D eigenvalue weighted by Gasteiger charge is 2.04. The maximum absolute atomic E-state index is 5.37. The number of hydrogen-bond acceptors (Lipinski definition) is 3. The van der Waals surface area contributed by atoms with Crippen molar-refractivity contribution in [3.63, 3.8) is 0 Å². The summed E-state index contributed by atoms with van der Waals surface area (Å²) in [4.78, 5) is 6.32. The summed E-state index contributed by atoms with van der Waals surface area (Å²) in [5, 5.41) is 0. The number of rotatable bonds is 5. The number of methoxy groups -OCH3 is 1. The lowest BCUT2D eigenvalue weighted by molar-refractivity contribution is 0.188. The molecule has 84 valence electrons. The van der Waals surface area contributed by atoms with E-state index in [0.717, 1.165) is 25.5 Å². The van der Waals surface area contributed by atoms with Crippen LogP contribution in [0.1, 0.15) is 20.3 Å². The standard InChI is InChI=1S/C9H22N4O/c1-8(2)11-9(12-10)13(3)6-5-7-14-4/h8H,5-7,10H2,1-4H3,(H,11,12). The van der Waals surface area contributed by atoms with Gasteiger partial charge < -0.3 is 9.64 Å². The van der Waals surface area contributed by atoms with Gasteiger partial charge in [-0.25, -0.2) is 10.8 Å². The van der Waals surface area contributed by atoms with E-state index in [4.69, 9.17) is 10.6 Å². The fraction of sp³-hybridized carbons (Fsp3) is 0.889. The molecule has 0 radical (unpaired) electrons. The summed E-state index contributed by atoms with van der Waals surface area (Å²) < 4.78 is 4.97. The molecule has 0 saturated heterocycles. The highest BCUT2D eigenvalue weighted by Crippen LogP contribution is 1.93. The molecule has 0 aromatic carbocycles. The Morgan fingerprint density at radius 2 is 2.21 bits per heavy atom. The molecule has 0 aliphatic carbocycles. The lowest BCUT2D eigenvalue weighted by Crippen LogP contribution is -2.43. The van der Waals surface area contributed by atoms with Crippen LogP contribution < -0.4 is 11.3 Å². The minimum atomic E-state index is 0.242. The van der Waals surface area contributed by atoms with E-state index in [9.17, 15) is 0 Å². The highest BCUT2D eigenvalue weighted by atomic mass is 16.5. The number of aliphatic imine (C=N–C) groups is 1. The molecule has 0 amide bonds. The van der Waals surface area contributed by atoms with Crippen LogP contribution in [0.4, 0.5) is 0 Å². The number of guanidine groups is 1. The number of hydrogen-bond donors (Lipinski definition) is 2. The number of nitrogens with two attached hydrogens (primary N) is 1. The molecule has 5 heteroatoms. The topological polar surface area (TPSA) is 62.9 Å². The average Bonchev–Trinajstić information content (AvgIpc) is 2.14. The quantitative estimate of drug-likeness (QED) is 0.219. The van der Waals surface area contributed by atoms with Crippen molar-refractivity contribution in [3.05, 3.63) is 0 Å². The second kappa shape index (κ2) is 7.58. The fourth-order valence-corrected chi connectivity index (χ4v) is 1.04. The molecule has 0 bridgehead atoms. The Morgan fingerprint density at radius 1 is 1.57 bits per heavy atom. The molecule has 5 nitrogen and oxygen atoms in total. The lowest BCUT2D eigenvalue weighted by Gasteiger charge is -2.21. The number of hydrazine groups is 1. The van der Waals surface area contributed by atoms with Crippen molar-refractivity contribution in [2.24, 2.45) is 10.8 Å². The van der Waals surface area contributed by atoms with Gasteiger partial charge in [-0.15, -0.1) is 0 Å². The Balaban J connectivity index is 3.97. The van der Waals surface area contributed by atoms with E-state index in [1.807, 2.05) is 25.8 Å². The summed E-state index contributed by atoms with van der Waals surface area (Å²) in [6, 6.07) is 0.242. The Bertz CT molecular complexity index is 170. The summed E-state index contributed by atoms with van der Waals surface area (Å²) in [5.41, 5.74) is 2.60. The van der Waals surface area contributed by atoms with E-state index >= 15 is 0 Å². The van der Waals surface area contributed by atoms with Gasteiger partial charge in [0.05, 0.1) is 0 Å². The Morgan fingerprint density at radius 3 is 2.64 bits per heavy atom. The van der Waals surface area contributed by atoms with Crippen LogP contribution in [0.25, 0.3) is 0 Å². The maximum atomic E-state index is 5.37. The van der Waals surface area contributed by atoms with Gasteiger partial charge in [-0.05, 0) is 20.3 Å². The van der Waals surface area contributed by atoms with Crippen LogP contribution in [0, 0.1) is 0 Å². The second-order valence-corrected chi connectivity index (χ2v) is 3.46. The smallest absolute Gasteiger partial charge is 0.208 e. The van der Waals surface area contributed by atoms with Crippen molar-refractivity contribution in [2.75, 3.05) is 27.3 Å². The summed E-state index contributed by atoms with van der Waals surface area (Å²) in [6.45, 7) is 5.66. The summed E-state index contributed by atoms with van der Waals surface area (Å²) >= 11 is 0. The average molecular weight is 202 g/mol. The molecule has 0 spiro atoms. The van der Waals surface area contributed by atoms with E-state index in [1.54, 1.807) is 7.11 Å². The number of ether oxygens (including phenoxy) is 1. The normalized spacial score (nSPS) is 12.0. The lowest BCUT2D eigenvalue weighted by atomic mass is 10.4. The molecule has 0 aliphatic rings. The van der Waals surface area contributed by atoms with E-state index in [0.29, 0.717) is 0 Å². The third kappa shape index (κ3) is 5.77. The fourth-order valence-electron chi connectivity index (χ4n) is 1.04. The molecule has 3 N–H and O–H groups in total. The van der Waals surface area contributed by atoms with Crippen LogP contribution in [0.2, 0.25) is 0 Å². The van der Waals surface area contributed by atoms with E-state index in [-0.39, 0.29) is 6.04 Å². The zero-order valence-electron chi connectivity index (χ0n) is 9.58. The van der Waals surface area contributed by atoms with Crippen molar-refractivity contribution in [3.8, 4) is 0 Å². The molecule has 0 aliphatic heterocycles. The first-order valence-electron chi connectivity index (χ1n) is 4.86. The highest BCUT2D eigenvalue weighted by molar-refractivity contribution is 5.79. The molecule has 0 rings (SSSR count). The minimum absolute atomic E-state index is 0.242. The predicted molar refractivity (Wildman–Crippen MR) is 59.0 cm³/mol. The van der Waals surface area contributed by atoms with Crippen LogP contribution >= 0.6 is 0 Å². The molecule has 0 aromatic rings. The molecule has 0 unspecified atom stereocenters. The monoisotopic (exact) mass is 202 g/mol. The molecule has 0 heterocycles. The molecule has 0 atom stereocenters. The van der Waals surface area contributed by atoms with E-state index in [2.05, 4.69) is 10.4 Å². The predicted octanol–water partition coefficient (Wildman–Crippen LogP) is 0.182. The van der Waals surface area contributed by atoms with Gasteiger partial charge >= 0.3 is 0 Å². The third-order valence-corrected chi connectivity index (χ3v) is 1.71. The van der Waals surface area contributed by atoms with E-state index < -0.39 is 0 Å². The van der Waals surface area contributed by atoms with Gasteiger partial charge in [-0.1, -0.05) is 0 Å². The van der Waals surface area contributed by atoms with Gasteiger partial charge in [-0.3, -0.25) is 5.43 Å². The first-order valence-corrected chi connectivity index (χ1v) is 4.86. The van der Waals surface area contributed by atoms with E-state index in [1.165, 1.54) is 0 Å². The first kappa shape index (κ1) is 13.2. The molecular weight excluding hydrogens is 180 g/mol. The van der Waals surface area contributed by atoms with Crippen molar-refractivity contribution >= 4 is 5.96 Å². The van der Waals surface area contributed by atoms with Crippen LogP contribution in [0.15, 0.2) is 4.99 Å². The van der Waals surface area contributed by atoms with Crippen LogP contribution in [0.3, 0.4) is 0 Å². The van der Waals surface area contributed by atoms with Crippen molar-refractivity contribution < 1.29 is 4.74 Å². The summed E-state index contributed by atoms with van der Waals surface area (Å²) in [5.74, 6) is 6.09. The zero-order chi connectivity index (χ0) is 11.0. The molecule has 14 heavy (non-hydrogen) atoms. The number of nitrogens with zero attached hydrogens (tertiary/aromatic N) is 2. The summed E-state index contributed by atoms with van der Waals surface area (Å²) in [6.07, 6.45) is 0.964. The third-order valence-electron chi connectivity index (χ3n) is 1.71. The largest absolute Gasteiger partial charge is 0.385 e. The zero-order valence-corrected chi connectivity index (χ0v) is 9.58. The van der Waals surface area contributed by atoms with Crippen LogP contribution in [-0.4, -0.2) is 44.2 Å². The van der Waals surface area contributed by atoms with Gasteiger partial charge in [0.1, 0.15) is 0 Å². The molecular formula is C9H22N4O. The van der Waals surface area contributed by atoms with Gasteiger partial charge in [0.15, 0.2) is 0 Å². The Labute approximate surface area is 86.3 Å². The van der Waals surface area contributed by atoms with Crippen molar-refractivity contribution in [1.82, 2.24) is 10.3 Å². The minimum Gasteiger partial charge on any atom is -0.385 e. The SMILES string of the molecule is COCCCN(C)C(=NC(C)C)NN. The number of nitrogens with one attached hydrogen (secondary N) is 1. The summed E-state index contributed by atoms with van der Waals surface area (Å²) in [7, 11) is 3.65. The maximum Gasteiger partial charge on any atom is 0.208 e. The van der Waals surface area contributed by atoms with Gasteiger partial charge in [-0.2, -0.15) is 0 Å². The molecule has 0 aromatic heterocycles. The van der Waals surface area contributed by atoms with Crippen molar-refractivity contribution in [2.45, 2.75) is 26.3 Å². The van der Waals surface area contributed by atoms with Gasteiger partial charge in [0.25, 0.3) is 0 Å². The first-order chi connectivity index (χ1) is 6.61. The Kier molecular flexibility index (Phi) is 7.14.